The molecule has 34 heavy (non-hydrogen) atoms. The standard InChI is InChI=1S/C25H30FN3O5.H2/c1-6-18(30)34-22-20(24(33)28(4)5)29(25(3)11-8-12-25)14-17(21(22)31)23(32)27-13-16-10-7-9-15(2)19(16)26;/h7,9-10,14H,6,8,11-13H2,1-5H3,(H,27,32);1H. The molecule has 2 aromatic rings. The molecule has 3 rings (SSSR count). The SMILES string of the molecule is CCC(=O)Oc1c(C(=O)N(C)C)n(C2(C)CCC2)cc(C(=O)NCc2cccc(C)c2F)c1=O.[HH]. The van der Waals surface area contributed by atoms with E-state index in [1.54, 1.807) is 36.6 Å². The highest BCUT2D eigenvalue weighted by Gasteiger charge is 2.39. The molecule has 0 aliphatic heterocycles. The molecule has 0 spiro atoms. The monoisotopic (exact) mass is 473 g/mol. The quantitative estimate of drug-likeness (QED) is 0.622. The van der Waals surface area contributed by atoms with Gasteiger partial charge in [0.2, 0.25) is 11.2 Å². The number of nitrogens with zero attached hydrogens (tertiary/aromatic N) is 2. The van der Waals surface area contributed by atoms with Gasteiger partial charge in [0.05, 0.1) is 0 Å². The molecule has 1 aliphatic rings. The van der Waals surface area contributed by atoms with Gasteiger partial charge in [0.1, 0.15) is 11.4 Å². The fourth-order valence-corrected chi connectivity index (χ4v) is 3.92. The lowest BCUT2D eigenvalue weighted by molar-refractivity contribution is -0.134. The summed E-state index contributed by atoms with van der Waals surface area (Å²) in [5.74, 6) is -2.87. The molecule has 1 fully saturated rings. The predicted octanol–water partition coefficient (Wildman–Crippen LogP) is 3.39. The third-order valence-corrected chi connectivity index (χ3v) is 6.25. The van der Waals surface area contributed by atoms with E-state index in [9.17, 15) is 23.6 Å². The van der Waals surface area contributed by atoms with Crippen molar-refractivity contribution in [1.82, 2.24) is 14.8 Å². The van der Waals surface area contributed by atoms with Gasteiger partial charge < -0.3 is 19.5 Å². The Hall–Kier alpha value is -3.49. The third-order valence-electron chi connectivity index (χ3n) is 6.25. The van der Waals surface area contributed by atoms with Crippen molar-refractivity contribution in [3.63, 3.8) is 0 Å². The molecule has 1 aromatic carbocycles. The summed E-state index contributed by atoms with van der Waals surface area (Å²) in [5, 5.41) is 2.58. The molecule has 0 atom stereocenters. The summed E-state index contributed by atoms with van der Waals surface area (Å²) in [5.41, 5.74) is -1.03. The number of carbonyl (C=O) groups is 3. The Labute approximate surface area is 199 Å². The molecular formula is C25H32FN3O5. The predicted molar refractivity (Wildman–Crippen MR) is 127 cm³/mol. The van der Waals surface area contributed by atoms with Crippen LogP contribution in [0.15, 0.2) is 29.2 Å². The first-order valence-corrected chi connectivity index (χ1v) is 11.2. The summed E-state index contributed by atoms with van der Waals surface area (Å²) in [4.78, 5) is 52.9. The minimum Gasteiger partial charge on any atom is -0.420 e. The molecule has 2 amide bonds. The number of pyridine rings is 1. The van der Waals surface area contributed by atoms with Gasteiger partial charge in [-0.05, 0) is 38.7 Å². The molecule has 184 valence electrons. The van der Waals surface area contributed by atoms with Crippen molar-refractivity contribution in [2.24, 2.45) is 0 Å². The van der Waals surface area contributed by atoms with Crippen molar-refractivity contribution in [2.75, 3.05) is 14.1 Å². The van der Waals surface area contributed by atoms with Gasteiger partial charge in [-0.3, -0.25) is 19.2 Å². The van der Waals surface area contributed by atoms with Crippen LogP contribution in [0.5, 0.6) is 5.75 Å². The second-order valence-electron chi connectivity index (χ2n) is 9.03. The minimum atomic E-state index is -0.867. The second-order valence-corrected chi connectivity index (χ2v) is 9.03. The van der Waals surface area contributed by atoms with Crippen LogP contribution in [0, 0.1) is 12.7 Å². The molecule has 1 saturated carbocycles. The first-order valence-electron chi connectivity index (χ1n) is 11.2. The number of benzene rings is 1. The van der Waals surface area contributed by atoms with E-state index in [0.717, 1.165) is 19.3 Å². The van der Waals surface area contributed by atoms with Crippen LogP contribution in [0.25, 0.3) is 0 Å². The Balaban J connectivity index is 0.00000432. The van der Waals surface area contributed by atoms with Crippen LogP contribution in [0.4, 0.5) is 4.39 Å². The molecule has 1 heterocycles. The highest BCUT2D eigenvalue weighted by Crippen LogP contribution is 2.40. The number of carbonyl (C=O) groups excluding carboxylic acids is 3. The number of ether oxygens (including phenoxy) is 1. The zero-order chi connectivity index (χ0) is 25.2. The Morgan fingerprint density at radius 1 is 1.26 bits per heavy atom. The third kappa shape index (κ3) is 4.73. The smallest absolute Gasteiger partial charge is 0.311 e. The van der Waals surface area contributed by atoms with E-state index < -0.39 is 40.3 Å². The van der Waals surface area contributed by atoms with Gasteiger partial charge in [0, 0.05) is 45.8 Å². The Morgan fingerprint density at radius 2 is 1.94 bits per heavy atom. The average molecular weight is 474 g/mol. The van der Waals surface area contributed by atoms with Crippen LogP contribution in [-0.4, -0.2) is 41.3 Å². The number of aromatic nitrogens is 1. The fourth-order valence-electron chi connectivity index (χ4n) is 3.92. The van der Waals surface area contributed by atoms with E-state index in [4.69, 9.17) is 4.74 Å². The van der Waals surface area contributed by atoms with Gasteiger partial charge in [0.15, 0.2) is 5.69 Å². The molecule has 1 aliphatic carbocycles. The van der Waals surface area contributed by atoms with E-state index in [-0.39, 0.29) is 31.2 Å². The molecule has 8 nitrogen and oxygen atoms in total. The highest BCUT2D eigenvalue weighted by molar-refractivity contribution is 5.99. The highest BCUT2D eigenvalue weighted by atomic mass is 19.1. The van der Waals surface area contributed by atoms with E-state index in [2.05, 4.69) is 5.32 Å². The van der Waals surface area contributed by atoms with E-state index in [1.807, 2.05) is 6.92 Å². The van der Waals surface area contributed by atoms with Gasteiger partial charge in [-0.1, -0.05) is 25.1 Å². The summed E-state index contributed by atoms with van der Waals surface area (Å²) in [7, 11) is 3.06. The molecule has 9 heteroatoms. The number of halogens is 1. The van der Waals surface area contributed by atoms with Gasteiger partial charge in [-0.2, -0.15) is 0 Å². The molecule has 1 aromatic heterocycles. The first kappa shape index (κ1) is 25.1. The number of hydrogen-bond donors (Lipinski definition) is 1. The molecule has 0 bridgehead atoms. The van der Waals surface area contributed by atoms with Crippen LogP contribution >= 0.6 is 0 Å². The van der Waals surface area contributed by atoms with E-state index in [0.29, 0.717) is 5.56 Å². The molecule has 0 radical (unpaired) electrons. The van der Waals surface area contributed by atoms with Crippen molar-refractivity contribution in [3.05, 3.63) is 62.8 Å². The number of hydrogen-bond acceptors (Lipinski definition) is 5. The van der Waals surface area contributed by atoms with Gasteiger partial charge in [0.25, 0.3) is 11.8 Å². The van der Waals surface area contributed by atoms with Gasteiger partial charge in [-0.25, -0.2) is 4.39 Å². The van der Waals surface area contributed by atoms with E-state index in [1.165, 1.54) is 25.2 Å². The minimum absolute atomic E-state index is 0. The lowest BCUT2D eigenvalue weighted by atomic mass is 9.77. The molecule has 0 unspecified atom stereocenters. The van der Waals surface area contributed by atoms with Gasteiger partial charge in [-0.15, -0.1) is 0 Å². The van der Waals surface area contributed by atoms with Crippen LogP contribution in [-0.2, 0) is 16.9 Å². The zero-order valence-corrected chi connectivity index (χ0v) is 20.2. The summed E-state index contributed by atoms with van der Waals surface area (Å²) in [6.45, 7) is 4.97. The number of rotatable bonds is 7. The summed E-state index contributed by atoms with van der Waals surface area (Å²) in [6, 6.07) is 4.84. The normalized spacial score (nSPS) is 14.2. The molecular weight excluding hydrogens is 441 g/mol. The zero-order valence-electron chi connectivity index (χ0n) is 20.2. The Bertz CT molecular complexity index is 1200. The lowest BCUT2D eigenvalue weighted by Gasteiger charge is -2.42. The largest absolute Gasteiger partial charge is 0.420 e. The number of aryl methyl sites for hydroxylation is 1. The van der Waals surface area contributed by atoms with Crippen LogP contribution in [0.1, 0.15) is 72.9 Å². The fraction of sp³-hybridized carbons (Fsp3) is 0.440. The van der Waals surface area contributed by atoms with E-state index >= 15 is 0 Å². The second kappa shape index (κ2) is 9.79. The summed E-state index contributed by atoms with van der Waals surface area (Å²) < 4.78 is 21.3. The van der Waals surface area contributed by atoms with Crippen LogP contribution < -0.4 is 15.5 Å². The van der Waals surface area contributed by atoms with Gasteiger partial charge >= 0.3 is 5.97 Å². The van der Waals surface area contributed by atoms with Crippen molar-refractivity contribution in [3.8, 4) is 5.75 Å². The summed E-state index contributed by atoms with van der Waals surface area (Å²) in [6.07, 6.45) is 3.69. The van der Waals surface area contributed by atoms with Crippen molar-refractivity contribution >= 4 is 17.8 Å². The Kier molecular flexibility index (Phi) is 7.24. The van der Waals surface area contributed by atoms with Crippen molar-refractivity contribution in [2.45, 2.75) is 58.5 Å². The lowest BCUT2D eigenvalue weighted by Crippen LogP contribution is -2.44. The topological polar surface area (TPSA) is 97.7 Å². The first-order chi connectivity index (χ1) is 16.0. The number of nitrogens with one attached hydrogen (secondary N) is 1. The molecule has 0 saturated heterocycles. The average Bonchev–Trinajstić information content (AvgIpc) is 2.78. The van der Waals surface area contributed by atoms with Crippen LogP contribution in [0.3, 0.4) is 0 Å². The van der Waals surface area contributed by atoms with Crippen LogP contribution in [0.2, 0.25) is 0 Å². The maximum Gasteiger partial charge on any atom is 0.311 e. The maximum atomic E-state index is 14.4. The maximum absolute atomic E-state index is 14.4. The van der Waals surface area contributed by atoms with Crippen molar-refractivity contribution in [1.29, 1.82) is 0 Å². The molecule has 1 N–H and O–H groups in total. The number of esters is 1. The van der Waals surface area contributed by atoms with Crippen molar-refractivity contribution < 1.29 is 24.9 Å². The summed E-state index contributed by atoms with van der Waals surface area (Å²) >= 11 is 0. The Morgan fingerprint density at radius 3 is 2.50 bits per heavy atom. The number of amides is 2.